The fourth-order valence-corrected chi connectivity index (χ4v) is 1.72. The molecule has 5 nitrogen and oxygen atoms in total. The van der Waals surface area contributed by atoms with Crippen molar-refractivity contribution >= 4 is 21.6 Å². The van der Waals surface area contributed by atoms with E-state index in [2.05, 4.69) is 20.9 Å². The SMILES string of the molecule is O=[N+]([O-])c1cc(Br)cc(Oc2cccnc2)c1. The van der Waals surface area contributed by atoms with Gasteiger partial charge in [0.25, 0.3) is 5.69 Å². The summed E-state index contributed by atoms with van der Waals surface area (Å²) in [6.07, 6.45) is 3.16. The number of halogens is 1. The van der Waals surface area contributed by atoms with E-state index >= 15 is 0 Å². The Bertz CT molecular complexity index is 546. The number of benzene rings is 1. The fraction of sp³-hybridized carbons (Fsp3) is 0. The van der Waals surface area contributed by atoms with Crippen LogP contribution in [0.5, 0.6) is 11.5 Å². The molecule has 0 atom stereocenters. The van der Waals surface area contributed by atoms with Crippen LogP contribution in [-0.2, 0) is 0 Å². The Morgan fingerprint density at radius 1 is 1.29 bits per heavy atom. The lowest BCUT2D eigenvalue weighted by atomic mass is 10.3. The zero-order chi connectivity index (χ0) is 12.3. The van der Waals surface area contributed by atoms with E-state index in [0.29, 0.717) is 16.0 Å². The Kier molecular flexibility index (Phi) is 3.34. The zero-order valence-corrected chi connectivity index (χ0v) is 10.1. The van der Waals surface area contributed by atoms with Gasteiger partial charge in [0.1, 0.15) is 11.5 Å². The molecule has 0 bridgehead atoms. The van der Waals surface area contributed by atoms with Crippen LogP contribution in [0.2, 0.25) is 0 Å². The highest BCUT2D eigenvalue weighted by Gasteiger charge is 2.09. The molecule has 0 aliphatic rings. The minimum atomic E-state index is -0.471. The monoisotopic (exact) mass is 294 g/mol. The average molecular weight is 295 g/mol. The van der Waals surface area contributed by atoms with Crippen molar-refractivity contribution in [1.29, 1.82) is 0 Å². The standard InChI is InChI=1S/C11H7BrN2O3/c12-8-4-9(14(15)16)6-11(5-8)17-10-2-1-3-13-7-10/h1-7H. The number of rotatable bonds is 3. The highest BCUT2D eigenvalue weighted by atomic mass is 79.9. The van der Waals surface area contributed by atoms with Crippen LogP contribution in [0.3, 0.4) is 0 Å². The summed E-state index contributed by atoms with van der Waals surface area (Å²) in [6, 6.07) is 7.87. The van der Waals surface area contributed by atoms with E-state index in [9.17, 15) is 10.1 Å². The molecule has 0 saturated heterocycles. The van der Waals surface area contributed by atoms with Gasteiger partial charge in [-0.05, 0) is 18.2 Å². The fourth-order valence-electron chi connectivity index (χ4n) is 1.26. The molecule has 0 saturated carbocycles. The molecule has 2 rings (SSSR count). The maximum absolute atomic E-state index is 10.7. The highest BCUT2D eigenvalue weighted by Crippen LogP contribution is 2.29. The molecule has 1 heterocycles. The first-order valence-corrected chi connectivity index (χ1v) is 5.47. The molecule has 0 aliphatic carbocycles. The molecule has 1 aromatic heterocycles. The molecular weight excluding hydrogens is 288 g/mol. The number of hydrogen-bond acceptors (Lipinski definition) is 4. The average Bonchev–Trinajstić information content (AvgIpc) is 2.29. The molecule has 1 aromatic carbocycles. The maximum atomic E-state index is 10.7. The molecule has 0 unspecified atom stereocenters. The van der Waals surface area contributed by atoms with Crippen molar-refractivity contribution in [2.24, 2.45) is 0 Å². The van der Waals surface area contributed by atoms with E-state index in [1.165, 1.54) is 18.3 Å². The van der Waals surface area contributed by atoms with Gasteiger partial charge in [-0.25, -0.2) is 0 Å². The van der Waals surface area contributed by atoms with E-state index in [-0.39, 0.29) is 5.69 Å². The number of nitro benzene ring substituents is 1. The summed E-state index contributed by atoms with van der Waals surface area (Å²) >= 11 is 3.19. The van der Waals surface area contributed by atoms with Gasteiger partial charge >= 0.3 is 0 Å². The Morgan fingerprint density at radius 2 is 2.12 bits per heavy atom. The molecule has 0 amide bonds. The van der Waals surface area contributed by atoms with E-state index in [0.717, 1.165) is 0 Å². The van der Waals surface area contributed by atoms with Crippen molar-refractivity contribution in [1.82, 2.24) is 4.98 Å². The predicted molar refractivity (Wildman–Crippen MR) is 65.1 cm³/mol. The van der Waals surface area contributed by atoms with Gasteiger partial charge in [-0.2, -0.15) is 0 Å². The van der Waals surface area contributed by atoms with E-state index in [1.54, 1.807) is 24.4 Å². The smallest absolute Gasteiger partial charge is 0.274 e. The Morgan fingerprint density at radius 3 is 2.76 bits per heavy atom. The number of ether oxygens (including phenoxy) is 1. The zero-order valence-electron chi connectivity index (χ0n) is 8.54. The largest absolute Gasteiger partial charge is 0.455 e. The van der Waals surface area contributed by atoms with E-state index < -0.39 is 4.92 Å². The summed E-state index contributed by atoms with van der Waals surface area (Å²) in [5.74, 6) is 0.916. The molecular formula is C11H7BrN2O3. The molecule has 0 radical (unpaired) electrons. The van der Waals surface area contributed by atoms with Crippen molar-refractivity contribution < 1.29 is 9.66 Å². The number of non-ortho nitro benzene ring substituents is 1. The molecule has 6 heteroatoms. The normalized spacial score (nSPS) is 9.94. The van der Waals surface area contributed by atoms with Crippen molar-refractivity contribution in [3.63, 3.8) is 0 Å². The van der Waals surface area contributed by atoms with Gasteiger partial charge in [-0.1, -0.05) is 15.9 Å². The lowest BCUT2D eigenvalue weighted by Crippen LogP contribution is -1.90. The van der Waals surface area contributed by atoms with Gasteiger partial charge in [0, 0.05) is 16.7 Å². The van der Waals surface area contributed by atoms with Crippen LogP contribution in [-0.4, -0.2) is 9.91 Å². The second-order valence-corrected chi connectivity index (χ2v) is 4.11. The van der Waals surface area contributed by atoms with Crippen LogP contribution in [0.25, 0.3) is 0 Å². The number of aromatic nitrogens is 1. The van der Waals surface area contributed by atoms with Gasteiger partial charge in [-0.3, -0.25) is 15.1 Å². The van der Waals surface area contributed by atoms with Gasteiger partial charge < -0.3 is 4.74 Å². The first kappa shape index (κ1) is 11.5. The van der Waals surface area contributed by atoms with Crippen molar-refractivity contribution in [2.75, 3.05) is 0 Å². The topological polar surface area (TPSA) is 65.3 Å². The summed E-state index contributed by atoms with van der Waals surface area (Å²) in [5.41, 5.74) is -0.0294. The number of nitrogens with zero attached hydrogens (tertiary/aromatic N) is 2. The van der Waals surface area contributed by atoms with Crippen molar-refractivity contribution in [3.8, 4) is 11.5 Å². The van der Waals surface area contributed by atoms with Gasteiger partial charge in [0.2, 0.25) is 0 Å². The molecule has 0 spiro atoms. The second kappa shape index (κ2) is 4.92. The lowest BCUT2D eigenvalue weighted by molar-refractivity contribution is -0.385. The minimum absolute atomic E-state index is 0.0294. The van der Waals surface area contributed by atoms with E-state index in [4.69, 9.17) is 4.74 Å². The summed E-state index contributed by atoms with van der Waals surface area (Å²) in [6.45, 7) is 0. The summed E-state index contributed by atoms with van der Waals surface area (Å²) in [5, 5.41) is 10.7. The highest BCUT2D eigenvalue weighted by molar-refractivity contribution is 9.10. The third kappa shape index (κ3) is 3.01. The van der Waals surface area contributed by atoms with Gasteiger partial charge in [0.15, 0.2) is 0 Å². The molecule has 0 N–H and O–H groups in total. The van der Waals surface area contributed by atoms with Crippen molar-refractivity contribution in [3.05, 3.63) is 57.3 Å². The van der Waals surface area contributed by atoms with Gasteiger partial charge in [0.05, 0.1) is 17.2 Å². The number of hydrogen-bond donors (Lipinski definition) is 0. The third-order valence-corrected chi connectivity index (χ3v) is 2.39. The van der Waals surface area contributed by atoms with Crippen LogP contribution in [0.15, 0.2) is 47.2 Å². The van der Waals surface area contributed by atoms with Crippen LogP contribution in [0.4, 0.5) is 5.69 Å². The summed E-state index contributed by atoms with van der Waals surface area (Å²) in [4.78, 5) is 14.1. The van der Waals surface area contributed by atoms with Crippen LogP contribution < -0.4 is 4.74 Å². The maximum Gasteiger partial charge on any atom is 0.274 e. The van der Waals surface area contributed by atoms with E-state index in [1.807, 2.05) is 0 Å². The van der Waals surface area contributed by atoms with Crippen molar-refractivity contribution in [2.45, 2.75) is 0 Å². The molecule has 17 heavy (non-hydrogen) atoms. The first-order chi connectivity index (χ1) is 8.15. The van der Waals surface area contributed by atoms with Gasteiger partial charge in [-0.15, -0.1) is 0 Å². The quantitative estimate of drug-likeness (QED) is 0.641. The summed E-state index contributed by atoms with van der Waals surface area (Å²) in [7, 11) is 0. The molecule has 0 fully saturated rings. The van der Waals surface area contributed by atoms with Crippen LogP contribution >= 0.6 is 15.9 Å². The first-order valence-electron chi connectivity index (χ1n) is 4.68. The Balaban J connectivity index is 2.30. The summed E-state index contributed by atoms with van der Waals surface area (Å²) < 4.78 is 6.04. The molecule has 0 aliphatic heterocycles. The number of nitro groups is 1. The number of pyridine rings is 1. The molecule has 86 valence electrons. The minimum Gasteiger partial charge on any atom is -0.455 e. The third-order valence-electron chi connectivity index (χ3n) is 1.94. The van der Waals surface area contributed by atoms with Crippen LogP contribution in [0, 0.1) is 10.1 Å². The predicted octanol–water partition coefficient (Wildman–Crippen LogP) is 3.54. The second-order valence-electron chi connectivity index (χ2n) is 3.19. The van der Waals surface area contributed by atoms with Crippen LogP contribution in [0.1, 0.15) is 0 Å². The Hall–Kier alpha value is -1.95. The molecule has 2 aromatic rings. The Labute approximate surface area is 105 Å². The lowest BCUT2D eigenvalue weighted by Gasteiger charge is -2.05.